The molecule has 0 aliphatic carbocycles. The molecule has 0 fully saturated rings. The maximum atomic E-state index is 6.22. The Labute approximate surface area is 115 Å². The molecular formula is C17H23NO. The molecule has 2 nitrogen and oxygen atoms in total. The summed E-state index contributed by atoms with van der Waals surface area (Å²) in [6, 6.07) is 15.2. The van der Waals surface area contributed by atoms with Crippen LogP contribution in [0.4, 0.5) is 0 Å². The Morgan fingerprint density at radius 3 is 2.74 bits per heavy atom. The molecule has 0 saturated carbocycles. The largest absolute Gasteiger partial charge is 0.382 e. The molecule has 0 amide bonds. The molecule has 0 radical (unpaired) electrons. The van der Waals surface area contributed by atoms with Gasteiger partial charge in [-0.05, 0) is 42.5 Å². The maximum Gasteiger partial charge on any atom is 0.0466 e. The molecule has 0 saturated heterocycles. The van der Waals surface area contributed by atoms with Gasteiger partial charge >= 0.3 is 0 Å². The van der Waals surface area contributed by atoms with Gasteiger partial charge in [-0.2, -0.15) is 0 Å². The summed E-state index contributed by atoms with van der Waals surface area (Å²) < 4.78 is 5.35. The highest BCUT2D eigenvalue weighted by molar-refractivity contribution is 5.85. The number of fused-ring (bicyclic) bond motifs is 1. The Kier molecular flexibility index (Phi) is 5.37. The molecule has 102 valence electrons. The van der Waals surface area contributed by atoms with Crippen LogP contribution in [0, 0.1) is 0 Å². The van der Waals surface area contributed by atoms with E-state index in [0.29, 0.717) is 0 Å². The van der Waals surface area contributed by atoms with Crippen LogP contribution in [0.25, 0.3) is 10.8 Å². The van der Waals surface area contributed by atoms with Crippen LogP contribution in [0.3, 0.4) is 0 Å². The van der Waals surface area contributed by atoms with E-state index in [1.54, 1.807) is 0 Å². The fourth-order valence-electron chi connectivity index (χ4n) is 2.45. The fourth-order valence-corrected chi connectivity index (χ4v) is 2.45. The standard InChI is InChI=1S/C17H23NO/c1-2-19-12-6-10-16(18)13-15-9-5-8-14-7-3-4-11-17(14)15/h3-5,7-9,11,16H,2,6,10,12-13,18H2,1H3. The molecule has 0 spiro atoms. The third-order valence-corrected chi connectivity index (χ3v) is 3.43. The number of hydrogen-bond donors (Lipinski definition) is 1. The van der Waals surface area contributed by atoms with Crippen LogP contribution in [0.5, 0.6) is 0 Å². The first-order valence-corrected chi connectivity index (χ1v) is 7.11. The van der Waals surface area contributed by atoms with Crippen LogP contribution in [0.15, 0.2) is 42.5 Å². The van der Waals surface area contributed by atoms with Crippen molar-refractivity contribution in [2.75, 3.05) is 13.2 Å². The molecule has 19 heavy (non-hydrogen) atoms. The highest BCUT2D eigenvalue weighted by atomic mass is 16.5. The molecule has 0 aliphatic heterocycles. The minimum Gasteiger partial charge on any atom is -0.382 e. The fraction of sp³-hybridized carbons (Fsp3) is 0.412. The van der Waals surface area contributed by atoms with Crippen molar-refractivity contribution in [1.82, 2.24) is 0 Å². The normalized spacial score (nSPS) is 12.7. The molecule has 2 aromatic carbocycles. The number of ether oxygens (including phenoxy) is 1. The monoisotopic (exact) mass is 257 g/mol. The van der Waals surface area contributed by atoms with Gasteiger partial charge in [0.2, 0.25) is 0 Å². The van der Waals surface area contributed by atoms with E-state index in [4.69, 9.17) is 10.5 Å². The highest BCUT2D eigenvalue weighted by Crippen LogP contribution is 2.20. The van der Waals surface area contributed by atoms with E-state index >= 15 is 0 Å². The van der Waals surface area contributed by atoms with Crippen molar-refractivity contribution in [1.29, 1.82) is 0 Å². The lowest BCUT2D eigenvalue weighted by molar-refractivity contribution is 0.142. The van der Waals surface area contributed by atoms with Gasteiger partial charge in [-0.3, -0.25) is 0 Å². The van der Waals surface area contributed by atoms with Crippen molar-refractivity contribution in [2.24, 2.45) is 5.73 Å². The first-order valence-electron chi connectivity index (χ1n) is 7.11. The average Bonchev–Trinajstić information content (AvgIpc) is 2.44. The Bertz CT molecular complexity index is 504. The van der Waals surface area contributed by atoms with Gasteiger partial charge in [0.25, 0.3) is 0 Å². The Morgan fingerprint density at radius 2 is 1.89 bits per heavy atom. The second-order valence-corrected chi connectivity index (χ2v) is 4.94. The maximum absolute atomic E-state index is 6.22. The molecule has 0 aromatic heterocycles. The van der Waals surface area contributed by atoms with Crippen molar-refractivity contribution in [3.05, 3.63) is 48.0 Å². The SMILES string of the molecule is CCOCCCC(N)Cc1cccc2ccccc12. The summed E-state index contributed by atoms with van der Waals surface area (Å²) in [7, 11) is 0. The van der Waals surface area contributed by atoms with E-state index in [2.05, 4.69) is 42.5 Å². The Balaban J connectivity index is 1.97. The molecule has 2 rings (SSSR count). The van der Waals surface area contributed by atoms with Crippen LogP contribution in [0.1, 0.15) is 25.3 Å². The van der Waals surface area contributed by atoms with Gasteiger partial charge in [0, 0.05) is 19.3 Å². The summed E-state index contributed by atoms with van der Waals surface area (Å²) >= 11 is 0. The Morgan fingerprint density at radius 1 is 1.11 bits per heavy atom. The molecule has 1 unspecified atom stereocenters. The third-order valence-electron chi connectivity index (χ3n) is 3.43. The van der Waals surface area contributed by atoms with Gasteiger partial charge < -0.3 is 10.5 Å². The topological polar surface area (TPSA) is 35.2 Å². The zero-order valence-corrected chi connectivity index (χ0v) is 11.6. The summed E-state index contributed by atoms with van der Waals surface area (Å²) in [6.07, 6.45) is 3.00. The smallest absolute Gasteiger partial charge is 0.0466 e. The van der Waals surface area contributed by atoms with E-state index in [9.17, 15) is 0 Å². The summed E-state index contributed by atoms with van der Waals surface area (Å²) in [5.74, 6) is 0. The number of benzene rings is 2. The lowest BCUT2D eigenvalue weighted by atomic mass is 9.97. The molecule has 2 heteroatoms. The van der Waals surface area contributed by atoms with E-state index in [1.807, 2.05) is 6.92 Å². The third kappa shape index (κ3) is 4.05. The summed E-state index contributed by atoms with van der Waals surface area (Å²) in [4.78, 5) is 0. The molecule has 0 aliphatic rings. The van der Waals surface area contributed by atoms with Crippen molar-refractivity contribution in [3.8, 4) is 0 Å². The number of nitrogens with two attached hydrogens (primary N) is 1. The predicted octanol–water partition coefficient (Wildman–Crippen LogP) is 3.53. The average molecular weight is 257 g/mol. The van der Waals surface area contributed by atoms with Crippen LogP contribution in [-0.2, 0) is 11.2 Å². The van der Waals surface area contributed by atoms with Crippen LogP contribution in [-0.4, -0.2) is 19.3 Å². The van der Waals surface area contributed by atoms with Gasteiger partial charge in [-0.25, -0.2) is 0 Å². The lowest BCUT2D eigenvalue weighted by Gasteiger charge is -2.13. The molecule has 1 atom stereocenters. The minimum atomic E-state index is 0.214. The molecule has 2 N–H and O–H groups in total. The molecule has 0 bridgehead atoms. The van der Waals surface area contributed by atoms with Crippen molar-refractivity contribution >= 4 is 10.8 Å². The van der Waals surface area contributed by atoms with Crippen molar-refractivity contribution < 1.29 is 4.74 Å². The van der Waals surface area contributed by atoms with Crippen molar-refractivity contribution in [2.45, 2.75) is 32.2 Å². The quantitative estimate of drug-likeness (QED) is 0.770. The second kappa shape index (κ2) is 7.27. The number of hydrogen-bond acceptors (Lipinski definition) is 2. The zero-order valence-electron chi connectivity index (χ0n) is 11.6. The highest BCUT2D eigenvalue weighted by Gasteiger charge is 2.06. The predicted molar refractivity (Wildman–Crippen MR) is 81.4 cm³/mol. The lowest BCUT2D eigenvalue weighted by Crippen LogP contribution is -2.23. The van der Waals surface area contributed by atoms with Crippen LogP contribution < -0.4 is 5.73 Å². The van der Waals surface area contributed by atoms with Crippen molar-refractivity contribution in [3.63, 3.8) is 0 Å². The van der Waals surface area contributed by atoms with Crippen LogP contribution in [0.2, 0.25) is 0 Å². The summed E-state index contributed by atoms with van der Waals surface area (Å²) in [5, 5.41) is 2.62. The first kappa shape index (κ1) is 14.0. The van der Waals surface area contributed by atoms with Crippen LogP contribution >= 0.6 is 0 Å². The van der Waals surface area contributed by atoms with E-state index in [-0.39, 0.29) is 6.04 Å². The first-order chi connectivity index (χ1) is 9.31. The van der Waals surface area contributed by atoms with E-state index < -0.39 is 0 Å². The summed E-state index contributed by atoms with van der Waals surface area (Å²) in [6.45, 7) is 3.63. The van der Waals surface area contributed by atoms with E-state index in [0.717, 1.165) is 32.5 Å². The molecular weight excluding hydrogens is 234 g/mol. The van der Waals surface area contributed by atoms with Gasteiger partial charge in [-0.15, -0.1) is 0 Å². The van der Waals surface area contributed by atoms with Gasteiger partial charge in [0.1, 0.15) is 0 Å². The number of rotatable bonds is 7. The second-order valence-electron chi connectivity index (χ2n) is 4.94. The minimum absolute atomic E-state index is 0.214. The molecule has 2 aromatic rings. The van der Waals surface area contributed by atoms with Gasteiger partial charge in [-0.1, -0.05) is 42.5 Å². The van der Waals surface area contributed by atoms with Gasteiger partial charge in [0.15, 0.2) is 0 Å². The zero-order chi connectivity index (χ0) is 13.5. The Hall–Kier alpha value is -1.38. The van der Waals surface area contributed by atoms with E-state index in [1.165, 1.54) is 16.3 Å². The summed E-state index contributed by atoms with van der Waals surface area (Å²) in [5.41, 5.74) is 7.57. The molecule has 0 heterocycles. The van der Waals surface area contributed by atoms with Gasteiger partial charge in [0.05, 0.1) is 0 Å².